The second-order valence-corrected chi connectivity index (χ2v) is 9.24. The molecule has 0 aliphatic heterocycles. The summed E-state index contributed by atoms with van der Waals surface area (Å²) in [5.74, 6) is 1.97. The summed E-state index contributed by atoms with van der Waals surface area (Å²) in [6.07, 6.45) is 4.19. The minimum absolute atomic E-state index is 0.0696. The molecule has 0 spiro atoms. The number of hydrogen-bond acceptors (Lipinski definition) is 5. The summed E-state index contributed by atoms with van der Waals surface area (Å²) < 4.78 is 17.0. The van der Waals surface area contributed by atoms with Crippen molar-refractivity contribution in [2.75, 3.05) is 13.2 Å². The van der Waals surface area contributed by atoms with Crippen molar-refractivity contribution in [3.05, 3.63) is 69.5 Å². The minimum Gasteiger partial charge on any atom is -0.493 e. The molecule has 1 aliphatic carbocycles. The SMILES string of the molecule is CCOC(=O)C1(Cc2ccc(OCCc3nc(-c4ccc(Cl)c(Cl)c4)oc3C)cc2)CCC1. The Morgan fingerprint density at radius 1 is 1.12 bits per heavy atom. The highest BCUT2D eigenvalue weighted by Gasteiger charge is 2.45. The molecule has 7 heteroatoms. The van der Waals surface area contributed by atoms with Crippen LogP contribution in [0.3, 0.4) is 0 Å². The number of benzene rings is 2. The van der Waals surface area contributed by atoms with Crippen LogP contribution in [0.15, 0.2) is 46.9 Å². The third-order valence-electron chi connectivity index (χ3n) is 6.15. The highest BCUT2D eigenvalue weighted by atomic mass is 35.5. The number of nitrogens with zero attached hydrogens (tertiary/aromatic N) is 1. The summed E-state index contributed by atoms with van der Waals surface area (Å²) in [4.78, 5) is 17.0. The molecule has 1 fully saturated rings. The topological polar surface area (TPSA) is 61.6 Å². The van der Waals surface area contributed by atoms with Crippen LogP contribution in [0.1, 0.15) is 43.2 Å². The summed E-state index contributed by atoms with van der Waals surface area (Å²) in [5.41, 5.74) is 2.39. The Morgan fingerprint density at radius 3 is 2.52 bits per heavy atom. The van der Waals surface area contributed by atoms with Gasteiger partial charge in [-0.25, -0.2) is 4.98 Å². The molecule has 4 rings (SSSR count). The Balaban J connectivity index is 1.32. The van der Waals surface area contributed by atoms with E-state index in [-0.39, 0.29) is 11.4 Å². The number of esters is 1. The lowest BCUT2D eigenvalue weighted by molar-refractivity contribution is -0.161. The van der Waals surface area contributed by atoms with Gasteiger partial charge in [0, 0.05) is 12.0 Å². The molecule has 0 radical (unpaired) electrons. The predicted octanol–water partition coefficient (Wildman–Crippen LogP) is 6.85. The molecule has 0 unspecified atom stereocenters. The Bertz CT molecular complexity index is 1120. The molecular formula is C26H27Cl2NO4. The highest BCUT2D eigenvalue weighted by Crippen LogP contribution is 2.45. The molecule has 33 heavy (non-hydrogen) atoms. The monoisotopic (exact) mass is 487 g/mol. The zero-order valence-corrected chi connectivity index (χ0v) is 20.3. The molecule has 0 N–H and O–H groups in total. The van der Waals surface area contributed by atoms with E-state index in [1.165, 1.54) is 0 Å². The normalized spacial score (nSPS) is 14.5. The van der Waals surface area contributed by atoms with Crippen LogP contribution in [-0.4, -0.2) is 24.2 Å². The predicted molar refractivity (Wildman–Crippen MR) is 129 cm³/mol. The van der Waals surface area contributed by atoms with Gasteiger partial charge in [0.25, 0.3) is 0 Å². The number of aryl methyl sites for hydroxylation is 1. The zero-order valence-electron chi connectivity index (χ0n) is 18.8. The van der Waals surface area contributed by atoms with Crippen molar-refractivity contribution >= 4 is 29.2 Å². The molecule has 0 amide bonds. The molecule has 1 aliphatic rings. The first-order valence-electron chi connectivity index (χ1n) is 11.2. The minimum atomic E-state index is -0.352. The van der Waals surface area contributed by atoms with Gasteiger partial charge in [-0.3, -0.25) is 4.79 Å². The lowest BCUT2D eigenvalue weighted by Crippen LogP contribution is -2.41. The second-order valence-electron chi connectivity index (χ2n) is 8.42. The summed E-state index contributed by atoms with van der Waals surface area (Å²) in [6, 6.07) is 13.2. The zero-order chi connectivity index (χ0) is 23.4. The molecule has 0 bridgehead atoms. The third kappa shape index (κ3) is 5.36. The summed E-state index contributed by atoms with van der Waals surface area (Å²) in [7, 11) is 0. The van der Waals surface area contributed by atoms with Gasteiger partial charge in [-0.1, -0.05) is 41.8 Å². The average Bonchev–Trinajstić information content (AvgIpc) is 3.14. The van der Waals surface area contributed by atoms with Crippen LogP contribution in [0.5, 0.6) is 5.75 Å². The van der Waals surface area contributed by atoms with Gasteiger partial charge in [0.1, 0.15) is 11.5 Å². The van der Waals surface area contributed by atoms with Crippen LogP contribution in [0.2, 0.25) is 10.0 Å². The summed E-state index contributed by atoms with van der Waals surface area (Å²) in [6.45, 7) is 4.64. The summed E-state index contributed by atoms with van der Waals surface area (Å²) >= 11 is 12.1. The fourth-order valence-corrected chi connectivity index (χ4v) is 4.41. The maximum atomic E-state index is 12.4. The van der Waals surface area contributed by atoms with E-state index in [4.69, 9.17) is 37.1 Å². The van der Waals surface area contributed by atoms with Gasteiger partial charge in [-0.15, -0.1) is 0 Å². The molecule has 2 aromatic carbocycles. The van der Waals surface area contributed by atoms with E-state index < -0.39 is 0 Å². The van der Waals surface area contributed by atoms with Crippen molar-refractivity contribution in [2.45, 2.75) is 46.0 Å². The fraction of sp³-hybridized carbons (Fsp3) is 0.385. The van der Waals surface area contributed by atoms with Gasteiger partial charge in [-0.05, 0) is 69.0 Å². The maximum absolute atomic E-state index is 12.4. The third-order valence-corrected chi connectivity index (χ3v) is 6.89. The lowest BCUT2D eigenvalue weighted by Gasteiger charge is -2.39. The molecule has 5 nitrogen and oxygen atoms in total. The number of hydrogen-bond donors (Lipinski definition) is 0. The van der Waals surface area contributed by atoms with Crippen LogP contribution in [0.25, 0.3) is 11.5 Å². The number of ether oxygens (including phenoxy) is 2. The molecule has 3 aromatic rings. The van der Waals surface area contributed by atoms with Gasteiger partial charge in [0.05, 0.1) is 34.4 Å². The average molecular weight is 488 g/mol. The van der Waals surface area contributed by atoms with Crippen molar-refractivity contribution in [3.8, 4) is 17.2 Å². The van der Waals surface area contributed by atoms with E-state index in [2.05, 4.69) is 4.98 Å². The van der Waals surface area contributed by atoms with Crippen molar-refractivity contribution in [1.82, 2.24) is 4.98 Å². The van der Waals surface area contributed by atoms with Crippen LogP contribution in [0.4, 0.5) is 0 Å². The van der Waals surface area contributed by atoms with Gasteiger partial charge >= 0.3 is 5.97 Å². The van der Waals surface area contributed by atoms with Gasteiger partial charge in [0.2, 0.25) is 5.89 Å². The van der Waals surface area contributed by atoms with Crippen LogP contribution >= 0.6 is 23.2 Å². The van der Waals surface area contributed by atoms with Gasteiger partial charge < -0.3 is 13.9 Å². The molecule has 0 saturated heterocycles. The largest absolute Gasteiger partial charge is 0.493 e. The smallest absolute Gasteiger partial charge is 0.312 e. The first-order valence-corrected chi connectivity index (χ1v) is 12.0. The maximum Gasteiger partial charge on any atom is 0.312 e. The molecule has 1 saturated carbocycles. The lowest BCUT2D eigenvalue weighted by atomic mass is 9.65. The summed E-state index contributed by atoms with van der Waals surface area (Å²) in [5, 5.41) is 0.955. The number of halogens is 2. The molecule has 1 aromatic heterocycles. The van der Waals surface area contributed by atoms with E-state index in [1.54, 1.807) is 12.1 Å². The van der Waals surface area contributed by atoms with Crippen molar-refractivity contribution in [3.63, 3.8) is 0 Å². The Hall–Kier alpha value is -2.50. The Kier molecular flexibility index (Phi) is 7.30. The number of carbonyl (C=O) groups is 1. The first-order chi connectivity index (χ1) is 15.9. The van der Waals surface area contributed by atoms with E-state index >= 15 is 0 Å². The number of rotatable bonds is 9. The van der Waals surface area contributed by atoms with E-state index in [0.29, 0.717) is 42.0 Å². The Labute approximate surface area is 204 Å². The highest BCUT2D eigenvalue weighted by molar-refractivity contribution is 6.42. The number of oxazole rings is 1. The standard InChI is InChI=1S/C26H27Cl2NO4/c1-3-31-25(30)26(12-4-13-26)16-18-5-8-20(9-6-18)32-14-11-23-17(2)33-24(29-23)19-7-10-21(27)22(28)15-19/h5-10,15H,3-4,11-14,16H2,1-2H3. The first kappa shape index (κ1) is 23.7. The van der Waals surface area contributed by atoms with E-state index in [0.717, 1.165) is 47.6 Å². The van der Waals surface area contributed by atoms with Crippen LogP contribution in [0, 0.1) is 12.3 Å². The van der Waals surface area contributed by atoms with Crippen LogP contribution in [-0.2, 0) is 22.4 Å². The fourth-order valence-electron chi connectivity index (χ4n) is 4.11. The number of aromatic nitrogens is 1. The Morgan fingerprint density at radius 2 is 1.88 bits per heavy atom. The van der Waals surface area contributed by atoms with Gasteiger partial charge in [0.15, 0.2) is 0 Å². The molecule has 174 valence electrons. The number of carbonyl (C=O) groups excluding carboxylic acids is 1. The molecule has 1 heterocycles. The van der Waals surface area contributed by atoms with Gasteiger partial charge in [-0.2, -0.15) is 0 Å². The molecular weight excluding hydrogens is 461 g/mol. The molecule has 0 atom stereocenters. The van der Waals surface area contributed by atoms with E-state index in [1.807, 2.05) is 44.2 Å². The van der Waals surface area contributed by atoms with Crippen molar-refractivity contribution < 1.29 is 18.7 Å². The van der Waals surface area contributed by atoms with Crippen LogP contribution < -0.4 is 4.74 Å². The second kappa shape index (κ2) is 10.2. The quantitative estimate of drug-likeness (QED) is 0.308. The van der Waals surface area contributed by atoms with E-state index in [9.17, 15) is 4.79 Å². The van der Waals surface area contributed by atoms with Crippen molar-refractivity contribution in [2.24, 2.45) is 5.41 Å². The van der Waals surface area contributed by atoms with Crippen molar-refractivity contribution in [1.29, 1.82) is 0 Å².